The third-order valence-electron chi connectivity index (χ3n) is 1.71. The molecule has 0 aromatic rings. The van der Waals surface area contributed by atoms with Gasteiger partial charge in [0.2, 0.25) is 0 Å². The first kappa shape index (κ1) is 11.4. The van der Waals surface area contributed by atoms with Crippen LogP contribution in [-0.2, 0) is 4.79 Å². The quantitative estimate of drug-likeness (QED) is 0.641. The number of carbonyl (C=O) groups excluding carboxylic acids is 1. The highest BCUT2D eigenvalue weighted by Gasteiger charge is 2.14. The molecule has 0 aliphatic rings. The molecule has 70 valence electrons. The van der Waals surface area contributed by atoms with Crippen molar-refractivity contribution in [3.8, 4) is 0 Å². The summed E-state index contributed by atoms with van der Waals surface area (Å²) < 4.78 is 0. The van der Waals surface area contributed by atoms with E-state index < -0.39 is 5.60 Å². The number of allylic oxidation sites excluding steroid dienone is 1. The van der Waals surface area contributed by atoms with Crippen molar-refractivity contribution in [2.75, 3.05) is 0 Å². The smallest absolute Gasteiger partial charge is 0.152 e. The maximum absolute atomic E-state index is 10.6. The second-order valence-electron chi connectivity index (χ2n) is 3.40. The van der Waals surface area contributed by atoms with Crippen LogP contribution in [0.15, 0.2) is 12.2 Å². The first-order valence-electron chi connectivity index (χ1n) is 4.40. The molecule has 0 saturated carbocycles. The number of rotatable bonds is 5. The third-order valence-corrected chi connectivity index (χ3v) is 1.71. The van der Waals surface area contributed by atoms with E-state index in [-0.39, 0.29) is 5.78 Å². The molecule has 0 aromatic carbocycles. The van der Waals surface area contributed by atoms with Crippen molar-refractivity contribution in [3.63, 3.8) is 0 Å². The van der Waals surface area contributed by atoms with Crippen LogP contribution in [0.1, 0.15) is 40.0 Å². The number of hydrogen-bond acceptors (Lipinski definition) is 2. The Morgan fingerprint density at radius 1 is 1.58 bits per heavy atom. The first-order chi connectivity index (χ1) is 5.48. The summed E-state index contributed by atoms with van der Waals surface area (Å²) in [6.45, 7) is 5.28. The van der Waals surface area contributed by atoms with Gasteiger partial charge in [0.15, 0.2) is 5.78 Å². The number of ketones is 1. The number of hydrogen-bond donors (Lipinski definition) is 1. The van der Waals surface area contributed by atoms with E-state index in [2.05, 4.69) is 6.92 Å². The van der Waals surface area contributed by atoms with Gasteiger partial charge in [-0.25, -0.2) is 0 Å². The highest BCUT2D eigenvalue weighted by Crippen LogP contribution is 2.14. The zero-order valence-corrected chi connectivity index (χ0v) is 8.13. The molecule has 1 N–H and O–H groups in total. The SMILES string of the molecule is CCCCC(C)(O)C=CC(C)=O. The van der Waals surface area contributed by atoms with Crippen LogP contribution in [0, 0.1) is 0 Å². The summed E-state index contributed by atoms with van der Waals surface area (Å²) in [5.41, 5.74) is -0.818. The standard InChI is InChI=1S/C10H18O2/c1-4-5-7-10(3,12)8-6-9(2)11/h6,8,12H,4-5,7H2,1-3H3. The fourth-order valence-corrected chi connectivity index (χ4v) is 0.915. The molecule has 0 aliphatic carbocycles. The van der Waals surface area contributed by atoms with Crippen molar-refractivity contribution >= 4 is 5.78 Å². The van der Waals surface area contributed by atoms with Gasteiger partial charge in [-0.3, -0.25) is 4.79 Å². The molecule has 0 fully saturated rings. The molecule has 0 aliphatic heterocycles. The van der Waals surface area contributed by atoms with E-state index >= 15 is 0 Å². The van der Waals surface area contributed by atoms with E-state index in [1.807, 2.05) is 0 Å². The molecule has 1 unspecified atom stereocenters. The normalized spacial score (nSPS) is 16.3. The first-order valence-corrected chi connectivity index (χ1v) is 4.40. The van der Waals surface area contributed by atoms with Crippen molar-refractivity contribution in [1.29, 1.82) is 0 Å². The van der Waals surface area contributed by atoms with E-state index in [9.17, 15) is 9.90 Å². The molecule has 12 heavy (non-hydrogen) atoms. The largest absolute Gasteiger partial charge is 0.386 e. The molecule has 0 heterocycles. The maximum atomic E-state index is 10.6. The molecule has 1 atom stereocenters. The summed E-state index contributed by atoms with van der Waals surface area (Å²) in [5, 5.41) is 9.66. The van der Waals surface area contributed by atoms with Gasteiger partial charge in [0.1, 0.15) is 0 Å². The summed E-state index contributed by atoms with van der Waals surface area (Å²) in [6, 6.07) is 0. The van der Waals surface area contributed by atoms with Crippen LogP contribution in [0.25, 0.3) is 0 Å². The molecular weight excluding hydrogens is 152 g/mol. The zero-order chi connectivity index (χ0) is 9.61. The van der Waals surface area contributed by atoms with Crippen LogP contribution in [0.2, 0.25) is 0 Å². The summed E-state index contributed by atoms with van der Waals surface area (Å²) in [4.78, 5) is 10.6. The Kier molecular flexibility index (Phi) is 4.83. The van der Waals surface area contributed by atoms with Gasteiger partial charge < -0.3 is 5.11 Å². The highest BCUT2D eigenvalue weighted by molar-refractivity contribution is 5.87. The molecule has 0 saturated heterocycles. The lowest BCUT2D eigenvalue weighted by Gasteiger charge is -2.17. The van der Waals surface area contributed by atoms with Gasteiger partial charge in [-0.1, -0.05) is 19.8 Å². The Morgan fingerprint density at radius 3 is 2.58 bits per heavy atom. The van der Waals surface area contributed by atoms with Crippen molar-refractivity contribution in [3.05, 3.63) is 12.2 Å². The molecule has 0 spiro atoms. The van der Waals surface area contributed by atoms with Gasteiger partial charge in [-0.2, -0.15) is 0 Å². The molecule has 0 aromatic heterocycles. The lowest BCUT2D eigenvalue weighted by Crippen LogP contribution is -2.20. The maximum Gasteiger partial charge on any atom is 0.152 e. The van der Waals surface area contributed by atoms with Crippen LogP contribution in [0.5, 0.6) is 0 Å². The van der Waals surface area contributed by atoms with Gasteiger partial charge in [0.25, 0.3) is 0 Å². The Morgan fingerprint density at radius 2 is 2.17 bits per heavy atom. The Labute approximate surface area is 74.3 Å². The summed E-state index contributed by atoms with van der Waals surface area (Å²) in [6.07, 6.45) is 5.76. The van der Waals surface area contributed by atoms with E-state index in [0.717, 1.165) is 12.8 Å². The minimum atomic E-state index is -0.818. The molecule has 0 rings (SSSR count). The number of unbranched alkanes of at least 4 members (excludes halogenated alkanes) is 1. The number of aliphatic hydroxyl groups is 1. The van der Waals surface area contributed by atoms with Crippen LogP contribution in [-0.4, -0.2) is 16.5 Å². The van der Waals surface area contributed by atoms with Crippen molar-refractivity contribution in [1.82, 2.24) is 0 Å². The van der Waals surface area contributed by atoms with Crippen LogP contribution in [0.3, 0.4) is 0 Å². The third kappa shape index (κ3) is 6.10. The van der Waals surface area contributed by atoms with E-state index in [4.69, 9.17) is 0 Å². The summed E-state index contributed by atoms with van der Waals surface area (Å²) >= 11 is 0. The van der Waals surface area contributed by atoms with E-state index in [1.165, 1.54) is 13.0 Å². The monoisotopic (exact) mass is 170 g/mol. The predicted octanol–water partition coefficient (Wildman–Crippen LogP) is 2.07. The van der Waals surface area contributed by atoms with Gasteiger partial charge in [0, 0.05) is 0 Å². The van der Waals surface area contributed by atoms with Crippen LogP contribution in [0.4, 0.5) is 0 Å². The van der Waals surface area contributed by atoms with Crippen molar-refractivity contribution in [2.45, 2.75) is 45.6 Å². The minimum absolute atomic E-state index is 0.0215. The predicted molar refractivity (Wildman–Crippen MR) is 50.0 cm³/mol. The van der Waals surface area contributed by atoms with Crippen LogP contribution >= 0.6 is 0 Å². The average molecular weight is 170 g/mol. The Hall–Kier alpha value is -0.630. The second kappa shape index (κ2) is 5.09. The lowest BCUT2D eigenvalue weighted by atomic mass is 9.98. The fourth-order valence-electron chi connectivity index (χ4n) is 0.915. The van der Waals surface area contributed by atoms with Crippen molar-refractivity contribution < 1.29 is 9.90 Å². The Bertz CT molecular complexity index is 169. The van der Waals surface area contributed by atoms with Gasteiger partial charge in [0.05, 0.1) is 5.60 Å². The molecule has 2 heteroatoms. The van der Waals surface area contributed by atoms with Crippen LogP contribution < -0.4 is 0 Å². The minimum Gasteiger partial charge on any atom is -0.386 e. The summed E-state index contributed by atoms with van der Waals surface area (Å²) in [5.74, 6) is -0.0215. The van der Waals surface area contributed by atoms with Gasteiger partial charge in [-0.15, -0.1) is 0 Å². The topological polar surface area (TPSA) is 37.3 Å². The number of carbonyl (C=O) groups is 1. The second-order valence-corrected chi connectivity index (χ2v) is 3.40. The zero-order valence-electron chi connectivity index (χ0n) is 8.13. The molecule has 0 bridgehead atoms. The van der Waals surface area contributed by atoms with Gasteiger partial charge >= 0.3 is 0 Å². The van der Waals surface area contributed by atoms with Gasteiger partial charge in [-0.05, 0) is 32.4 Å². The average Bonchev–Trinajstić information content (AvgIpc) is 1.98. The molecular formula is C10H18O2. The lowest BCUT2D eigenvalue weighted by molar-refractivity contribution is -0.112. The van der Waals surface area contributed by atoms with Crippen molar-refractivity contribution in [2.24, 2.45) is 0 Å². The Balaban J connectivity index is 3.93. The molecule has 0 radical (unpaired) electrons. The molecule has 2 nitrogen and oxygen atoms in total. The van der Waals surface area contributed by atoms with E-state index in [1.54, 1.807) is 13.0 Å². The molecule has 0 amide bonds. The van der Waals surface area contributed by atoms with E-state index in [0.29, 0.717) is 6.42 Å². The highest BCUT2D eigenvalue weighted by atomic mass is 16.3. The summed E-state index contributed by atoms with van der Waals surface area (Å²) in [7, 11) is 0. The fraction of sp³-hybridized carbons (Fsp3) is 0.700.